The fourth-order valence-corrected chi connectivity index (χ4v) is 2.07. The number of nitrogens with zero attached hydrogens (tertiary/aromatic N) is 1. The van der Waals surface area contributed by atoms with E-state index in [1.54, 1.807) is 6.20 Å². The molecule has 0 unspecified atom stereocenters. The summed E-state index contributed by atoms with van der Waals surface area (Å²) in [5.74, 6) is 0. The maximum absolute atomic E-state index is 4.10. The second-order valence-corrected chi connectivity index (χ2v) is 4.36. The first kappa shape index (κ1) is 16.5. The standard InChI is InChI=1S/C15H15N3.2ClH/c1-2-13(10-16-6-1)11-17-9-12-3-4-15-14(8-12)5-7-18-15;;/h1-8,10,17-18H,9,11H2;2*1H. The first-order chi connectivity index (χ1) is 8.92. The van der Waals surface area contributed by atoms with Gasteiger partial charge < -0.3 is 10.3 Å². The molecule has 0 bridgehead atoms. The monoisotopic (exact) mass is 309 g/mol. The molecule has 3 rings (SSSR count). The van der Waals surface area contributed by atoms with Crippen LogP contribution in [0.15, 0.2) is 55.0 Å². The lowest BCUT2D eigenvalue weighted by atomic mass is 10.1. The zero-order valence-corrected chi connectivity index (χ0v) is 12.5. The van der Waals surface area contributed by atoms with Gasteiger partial charge in [0.2, 0.25) is 0 Å². The molecule has 2 heterocycles. The van der Waals surface area contributed by atoms with Gasteiger partial charge in [-0.1, -0.05) is 12.1 Å². The summed E-state index contributed by atoms with van der Waals surface area (Å²) in [6.07, 6.45) is 5.66. The van der Waals surface area contributed by atoms with Crippen LogP contribution in [-0.2, 0) is 13.1 Å². The van der Waals surface area contributed by atoms with Crippen molar-refractivity contribution in [2.45, 2.75) is 13.1 Å². The third-order valence-electron chi connectivity index (χ3n) is 3.00. The van der Waals surface area contributed by atoms with Crippen LogP contribution < -0.4 is 5.32 Å². The highest BCUT2D eigenvalue weighted by atomic mass is 35.5. The molecule has 0 atom stereocenters. The minimum absolute atomic E-state index is 0. The summed E-state index contributed by atoms with van der Waals surface area (Å²) in [5.41, 5.74) is 3.69. The summed E-state index contributed by atoms with van der Waals surface area (Å²) in [5, 5.41) is 4.68. The molecule has 106 valence electrons. The van der Waals surface area contributed by atoms with Crippen molar-refractivity contribution in [3.63, 3.8) is 0 Å². The van der Waals surface area contributed by atoms with E-state index in [9.17, 15) is 0 Å². The molecule has 0 fully saturated rings. The van der Waals surface area contributed by atoms with Crippen LogP contribution in [0.1, 0.15) is 11.1 Å². The van der Waals surface area contributed by atoms with Crippen LogP contribution in [0, 0.1) is 0 Å². The number of rotatable bonds is 4. The maximum Gasteiger partial charge on any atom is 0.0454 e. The predicted octanol–water partition coefficient (Wildman–Crippen LogP) is 3.70. The molecule has 0 aliphatic carbocycles. The molecule has 0 amide bonds. The molecule has 5 heteroatoms. The molecule has 0 spiro atoms. The number of aromatic nitrogens is 2. The molecule has 0 aliphatic heterocycles. The Bertz CT molecular complexity index is 638. The van der Waals surface area contributed by atoms with E-state index in [4.69, 9.17) is 0 Å². The number of halogens is 2. The normalized spacial score (nSPS) is 9.80. The van der Waals surface area contributed by atoms with Gasteiger partial charge in [0.15, 0.2) is 0 Å². The summed E-state index contributed by atoms with van der Waals surface area (Å²) < 4.78 is 0. The van der Waals surface area contributed by atoms with Crippen molar-refractivity contribution in [2.75, 3.05) is 0 Å². The van der Waals surface area contributed by atoms with Crippen molar-refractivity contribution < 1.29 is 0 Å². The van der Waals surface area contributed by atoms with Crippen LogP contribution in [0.2, 0.25) is 0 Å². The van der Waals surface area contributed by atoms with Crippen LogP contribution in [0.3, 0.4) is 0 Å². The lowest BCUT2D eigenvalue weighted by molar-refractivity contribution is 0.692. The second kappa shape index (κ2) is 7.90. The second-order valence-electron chi connectivity index (χ2n) is 4.36. The quantitative estimate of drug-likeness (QED) is 0.771. The van der Waals surface area contributed by atoms with Gasteiger partial charge in [-0.25, -0.2) is 0 Å². The Balaban J connectivity index is 0.000001000. The molecule has 0 aliphatic rings. The Hall–Kier alpha value is -1.55. The van der Waals surface area contributed by atoms with Gasteiger partial charge in [-0.15, -0.1) is 24.8 Å². The average Bonchev–Trinajstić information content (AvgIpc) is 2.87. The smallest absolute Gasteiger partial charge is 0.0454 e. The highest BCUT2D eigenvalue weighted by Crippen LogP contribution is 2.14. The number of H-pyrrole nitrogens is 1. The third kappa shape index (κ3) is 3.97. The number of benzene rings is 1. The number of hydrogen-bond donors (Lipinski definition) is 2. The molecule has 3 aromatic rings. The first-order valence-corrected chi connectivity index (χ1v) is 6.07. The Labute approximate surface area is 130 Å². The number of nitrogens with one attached hydrogen (secondary N) is 2. The van der Waals surface area contributed by atoms with Crippen molar-refractivity contribution in [2.24, 2.45) is 0 Å². The van der Waals surface area contributed by atoms with Gasteiger partial charge in [-0.05, 0) is 40.8 Å². The zero-order valence-electron chi connectivity index (χ0n) is 10.9. The van der Waals surface area contributed by atoms with Gasteiger partial charge in [-0.2, -0.15) is 0 Å². The van der Waals surface area contributed by atoms with Crippen molar-refractivity contribution in [3.05, 3.63) is 66.1 Å². The van der Waals surface area contributed by atoms with Gasteiger partial charge in [-0.3, -0.25) is 4.98 Å². The zero-order chi connectivity index (χ0) is 12.2. The Morgan fingerprint density at radius 3 is 2.65 bits per heavy atom. The molecule has 3 nitrogen and oxygen atoms in total. The lowest BCUT2D eigenvalue weighted by Crippen LogP contribution is -2.12. The van der Waals surface area contributed by atoms with Crippen molar-refractivity contribution >= 4 is 35.7 Å². The van der Waals surface area contributed by atoms with Gasteiger partial charge in [0.1, 0.15) is 0 Å². The largest absolute Gasteiger partial charge is 0.361 e. The van der Waals surface area contributed by atoms with E-state index in [0.717, 1.165) is 13.1 Å². The maximum atomic E-state index is 4.10. The Morgan fingerprint density at radius 1 is 1.00 bits per heavy atom. The molecule has 1 aromatic carbocycles. The fraction of sp³-hybridized carbons (Fsp3) is 0.133. The molecular formula is C15H17Cl2N3. The predicted molar refractivity (Wildman–Crippen MR) is 87.6 cm³/mol. The summed E-state index contributed by atoms with van der Waals surface area (Å²) in [6.45, 7) is 1.72. The van der Waals surface area contributed by atoms with Crippen molar-refractivity contribution in [1.29, 1.82) is 0 Å². The number of hydrogen-bond acceptors (Lipinski definition) is 2. The molecule has 2 N–H and O–H groups in total. The molecular weight excluding hydrogens is 293 g/mol. The number of fused-ring (bicyclic) bond motifs is 1. The van der Waals surface area contributed by atoms with Crippen LogP contribution in [-0.4, -0.2) is 9.97 Å². The SMILES string of the molecule is Cl.Cl.c1cncc(CNCc2ccc3[nH]ccc3c2)c1. The van der Waals surface area contributed by atoms with Crippen molar-refractivity contribution in [3.8, 4) is 0 Å². The Kier molecular flexibility index (Phi) is 6.52. The van der Waals surface area contributed by atoms with Gasteiger partial charge in [0, 0.05) is 37.2 Å². The van der Waals surface area contributed by atoms with Crippen molar-refractivity contribution in [1.82, 2.24) is 15.3 Å². The van der Waals surface area contributed by atoms with Gasteiger partial charge in [0.05, 0.1) is 0 Å². The number of aromatic amines is 1. The topological polar surface area (TPSA) is 40.7 Å². The van der Waals surface area contributed by atoms with Crippen LogP contribution >= 0.6 is 24.8 Å². The lowest BCUT2D eigenvalue weighted by Gasteiger charge is -2.05. The summed E-state index contributed by atoms with van der Waals surface area (Å²) >= 11 is 0. The van der Waals surface area contributed by atoms with E-state index in [1.165, 1.54) is 22.0 Å². The summed E-state index contributed by atoms with van der Waals surface area (Å²) in [4.78, 5) is 7.30. The van der Waals surface area contributed by atoms with E-state index < -0.39 is 0 Å². The van der Waals surface area contributed by atoms with E-state index in [-0.39, 0.29) is 24.8 Å². The minimum Gasteiger partial charge on any atom is -0.361 e. The summed E-state index contributed by atoms with van der Waals surface area (Å²) in [6, 6.07) is 12.6. The van der Waals surface area contributed by atoms with E-state index in [2.05, 4.69) is 45.6 Å². The summed E-state index contributed by atoms with van der Waals surface area (Å²) in [7, 11) is 0. The van der Waals surface area contributed by atoms with Crippen LogP contribution in [0.25, 0.3) is 10.9 Å². The minimum atomic E-state index is 0. The molecule has 0 radical (unpaired) electrons. The molecule has 2 aromatic heterocycles. The molecule has 20 heavy (non-hydrogen) atoms. The molecule has 0 saturated carbocycles. The van der Waals surface area contributed by atoms with E-state index in [0.29, 0.717) is 0 Å². The van der Waals surface area contributed by atoms with Crippen LogP contribution in [0.5, 0.6) is 0 Å². The first-order valence-electron chi connectivity index (χ1n) is 6.07. The molecule has 0 saturated heterocycles. The average molecular weight is 310 g/mol. The van der Waals surface area contributed by atoms with E-state index >= 15 is 0 Å². The van der Waals surface area contributed by atoms with Gasteiger partial charge in [0.25, 0.3) is 0 Å². The van der Waals surface area contributed by atoms with Crippen LogP contribution in [0.4, 0.5) is 0 Å². The third-order valence-corrected chi connectivity index (χ3v) is 3.00. The highest BCUT2D eigenvalue weighted by molar-refractivity contribution is 5.85. The highest BCUT2D eigenvalue weighted by Gasteiger charge is 1.97. The van der Waals surface area contributed by atoms with Gasteiger partial charge >= 0.3 is 0 Å². The fourth-order valence-electron chi connectivity index (χ4n) is 2.07. The van der Waals surface area contributed by atoms with E-state index in [1.807, 2.05) is 18.5 Å². The number of pyridine rings is 1. The Morgan fingerprint density at radius 2 is 1.85 bits per heavy atom.